The number of carboxylic acid groups (broad SMARTS) is 1. The highest BCUT2D eigenvalue weighted by molar-refractivity contribution is 5.93. The molecule has 0 amide bonds. The molecule has 0 bridgehead atoms. The Labute approximate surface area is 105 Å². The fraction of sp³-hybridized carbons (Fsp3) is 0.357. The predicted octanol–water partition coefficient (Wildman–Crippen LogP) is 2.46. The second-order valence-corrected chi connectivity index (χ2v) is 5.11. The van der Waals surface area contributed by atoms with Gasteiger partial charge in [-0.05, 0) is 18.9 Å². The van der Waals surface area contributed by atoms with Gasteiger partial charge in [-0.1, -0.05) is 18.2 Å². The Morgan fingerprint density at radius 2 is 2.17 bits per heavy atom. The average molecular weight is 244 g/mol. The first-order valence-electron chi connectivity index (χ1n) is 6.14. The van der Waals surface area contributed by atoms with Gasteiger partial charge in [-0.2, -0.15) is 0 Å². The minimum Gasteiger partial charge on any atom is -0.481 e. The number of nitrogens with one attached hydrogen (secondary N) is 1. The van der Waals surface area contributed by atoms with Gasteiger partial charge in [0.2, 0.25) is 0 Å². The number of anilines is 1. The number of carboxylic acids is 1. The molecule has 1 heterocycles. The normalized spacial score (nSPS) is 16.7. The smallest absolute Gasteiger partial charge is 0.311 e. The third-order valence-electron chi connectivity index (χ3n) is 3.82. The maximum Gasteiger partial charge on any atom is 0.311 e. The maximum absolute atomic E-state index is 11.1. The van der Waals surface area contributed by atoms with Crippen molar-refractivity contribution in [1.82, 2.24) is 4.57 Å². The van der Waals surface area contributed by atoms with E-state index in [1.165, 1.54) is 0 Å². The van der Waals surface area contributed by atoms with Gasteiger partial charge < -0.3 is 15.0 Å². The van der Waals surface area contributed by atoms with E-state index >= 15 is 0 Å². The number of aromatic nitrogens is 1. The molecule has 2 N–H and O–H groups in total. The second kappa shape index (κ2) is 3.77. The molecule has 4 nitrogen and oxygen atoms in total. The van der Waals surface area contributed by atoms with E-state index in [2.05, 4.69) is 22.0 Å². The van der Waals surface area contributed by atoms with Gasteiger partial charge in [-0.25, -0.2) is 0 Å². The number of para-hydroxylation sites is 1. The molecule has 0 saturated heterocycles. The summed E-state index contributed by atoms with van der Waals surface area (Å²) >= 11 is 0. The van der Waals surface area contributed by atoms with Gasteiger partial charge in [0.05, 0.1) is 11.1 Å². The molecule has 1 aromatic carbocycles. The van der Waals surface area contributed by atoms with Gasteiger partial charge in [0.1, 0.15) is 0 Å². The van der Waals surface area contributed by atoms with Crippen molar-refractivity contribution in [2.75, 3.05) is 11.9 Å². The molecule has 1 fully saturated rings. The number of nitrogens with zero attached hydrogens (tertiary/aromatic N) is 1. The number of rotatable bonds is 4. The third-order valence-corrected chi connectivity index (χ3v) is 3.82. The molecule has 0 aliphatic heterocycles. The molecule has 0 spiro atoms. The van der Waals surface area contributed by atoms with Crippen LogP contribution < -0.4 is 5.32 Å². The van der Waals surface area contributed by atoms with Crippen LogP contribution in [-0.4, -0.2) is 22.2 Å². The van der Waals surface area contributed by atoms with Crippen LogP contribution in [0, 0.1) is 5.41 Å². The van der Waals surface area contributed by atoms with E-state index in [4.69, 9.17) is 5.11 Å². The Hall–Kier alpha value is -1.97. The Morgan fingerprint density at radius 1 is 1.44 bits per heavy atom. The van der Waals surface area contributed by atoms with Crippen LogP contribution in [0.2, 0.25) is 0 Å². The minimum atomic E-state index is -0.685. The van der Waals surface area contributed by atoms with Crippen molar-refractivity contribution in [2.24, 2.45) is 12.5 Å². The molecule has 0 atom stereocenters. The summed E-state index contributed by atoms with van der Waals surface area (Å²) in [5.74, 6) is -0.685. The number of benzene rings is 1. The Kier molecular flexibility index (Phi) is 2.33. The summed E-state index contributed by atoms with van der Waals surface area (Å²) in [4.78, 5) is 11.1. The summed E-state index contributed by atoms with van der Waals surface area (Å²) < 4.78 is 2.05. The molecule has 1 aliphatic rings. The van der Waals surface area contributed by atoms with E-state index in [0.717, 1.165) is 29.4 Å². The second-order valence-electron chi connectivity index (χ2n) is 5.11. The summed E-state index contributed by atoms with van der Waals surface area (Å²) in [7, 11) is 2.00. The van der Waals surface area contributed by atoms with Gasteiger partial charge >= 0.3 is 5.97 Å². The molecule has 0 radical (unpaired) electrons. The fourth-order valence-corrected chi connectivity index (χ4v) is 2.36. The van der Waals surface area contributed by atoms with Crippen LogP contribution in [0.15, 0.2) is 30.5 Å². The molecule has 1 saturated carbocycles. The Bertz CT molecular complexity index is 611. The lowest BCUT2D eigenvalue weighted by molar-refractivity contribution is -0.142. The minimum absolute atomic E-state index is 0.510. The van der Waals surface area contributed by atoms with Gasteiger partial charge in [-0.15, -0.1) is 0 Å². The lowest BCUT2D eigenvalue weighted by atomic mass is 10.1. The van der Waals surface area contributed by atoms with Crippen molar-refractivity contribution in [2.45, 2.75) is 12.8 Å². The molecule has 1 aromatic heterocycles. The van der Waals surface area contributed by atoms with Crippen molar-refractivity contribution in [3.05, 3.63) is 30.5 Å². The van der Waals surface area contributed by atoms with Crippen molar-refractivity contribution in [3.63, 3.8) is 0 Å². The SMILES string of the molecule is Cn1cc(NCC2(C(=O)O)CC2)c2ccccc21. The summed E-state index contributed by atoms with van der Waals surface area (Å²) in [6.45, 7) is 0.510. The van der Waals surface area contributed by atoms with Crippen LogP contribution in [0.5, 0.6) is 0 Å². The fourth-order valence-electron chi connectivity index (χ4n) is 2.36. The largest absolute Gasteiger partial charge is 0.481 e. The number of aliphatic carboxylic acids is 1. The van der Waals surface area contributed by atoms with E-state index in [0.29, 0.717) is 6.54 Å². The lowest BCUT2D eigenvalue weighted by Crippen LogP contribution is -2.24. The number of aryl methyl sites for hydroxylation is 1. The first-order valence-corrected chi connectivity index (χ1v) is 6.14. The van der Waals surface area contributed by atoms with Crippen molar-refractivity contribution in [3.8, 4) is 0 Å². The standard InChI is InChI=1S/C14H16N2O2/c1-16-8-11(10-4-2-3-5-12(10)16)15-9-14(6-7-14)13(17)18/h2-5,8,15H,6-7,9H2,1H3,(H,17,18). The zero-order chi connectivity index (χ0) is 12.8. The van der Waals surface area contributed by atoms with Gasteiger partial charge in [0, 0.05) is 30.7 Å². The molecular formula is C14H16N2O2. The van der Waals surface area contributed by atoms with Crippen LogP contribution in [0.4, 0.5) is 5.69 Å². The van der Waals surface area contributed by atoms with Gasteiger partial charge in [0.25, 0.3) is 0 Å². The van der Waals surface area contributed by atoms with Crippen LogP contribution >= 0.6 is 0 Å². The Morgan fingerprint density at radius 3 is 2.83 bits per heavy atom. The number of carbonyl (C=O) groups is 1. The average Bonchev–Trinajstić information content (AvgIpc) is 3.09. The van der Waals surface area contributed by atoms with E-state index in [-0.39, 0.29) is 0 Å². The molecule has 18 heavy (non-hydrogen) atoms. The number of hydrogen-bond donors (Lipinski definition) is 2. The van der Waals surface area contributed by atoms with Crippen molar-refractivity contribution in [1.29, 1.82) is 0 Å². The van der Waals surface area contributed by atoms with Crippen molar-refractivity contribution >= 4 is 22.6 Å². The number of hydrogen-bond acceptors (Lipinski definition) is 2. The molecule has 1 aliphatic carbocycles. The van der Waals surface area contributed by atoms with Gasteiger partial charge in [0.15, 0.2) is 0 Å². The third kappa shape index (κ3) is 1.65. The molecule has 0 unspecified atom stereocenters. The van der Waals surface area contributed by atoms with Crippen LogP contribution in [0.1, 0.15) is 12.8 Å². The Balaban J connectivity index is 1.85. The van der Waals surface area contributed by atoms with Crippen LogP contribution in [0.3, 0.4) is 0 Å². The monoisotopic (exact) mass is 244 g/mol. The van der Waals surface area contributed by atoms with E-state index in [1.807, 2.05) is 25.4 Å². The van der Waals surface area contributed by atoms with E-state index in [9.17, 15) is 4.79 Å². The van der Waals surface area contributed by atoms with Crippen LogP contribution in [0.25, 0.3) is 10.9 Å². The van der Waals surface area contributed by atoms with E-state index < -0.39 is 11.4 Å². The summed E-state index contributed by atoms with van der Waals surface area (Å²) in [6, 6.07) is 8.12. The summed E-state index contributed by atoms with van der Waals surface area (Å²) in [5.41, 5.74) is 1.64. The summed E-state index contributed by atoms with van der Waals surface area (Å²) in [6.07, 6.45) is 3.57. The molecule has 2 aromatic rings. The summed E-state index contributed by atoms with van der Waals surface area (Å²) in [5, 5.41) is 13.6. The first-order chi connectivity index (χ1) is 8.62. The zero-order valence-electron chi connectivity index (χ0n) is 10.3. The van der Waals surface area contributed by atoms with E-state index in [1.54, 1.807) is 0 Å². The molecule has 4 heteroatoms. The first kappa shape index (κ1) is 11.1. The predicted molar refractivity (Wildman–Crippen MR) is 70.7 cm³/mol. The topological polar surface area (TPSA) is 54.3 Å². The number of fused-ring (bicyclic) bond motifs is 1. The van der Waals surface area contributed by atoms with Crippen LogP contribution in [-0.2, 0) is 11.8 Å². The quantitative estimate of drug-likeness (QED) is 0.868. The molecule has 94 valence electrons. The molecular weight excluding hydrogens is 228 g/mol. The lowest BCUT2D eigenvalue weighted by Gasteiger charge is -2.11. The van der Waals surface area contributed by atoms with Gasteiger partial charge in [-0.3, -0.25) is 4.79 Å². The molecule has 3 rings (SSSR count). The highest BCUT2D eigenvalue weighted by atomic mass is 16.4. The zero-order valence-corrected chi connectivity index (χ0v) is 10.3. The highest BCUT2D eigenvalue weighted by Crippen LogP contribution is 2.46. The van der Waals surface area contributed by atoms with Crippen molar-refractivity contribution < 1.29 is 9.90 Å². The maximum atomic E-state index is 11.1. The highest BCUT2D eigenvalue weighted by Gasteiger charge is 2.50.